The molecular formula is C38H46ClN3O7. The number of ether oxygens (including phenoxy) is 2. The number of benzene rings is 2. The minimum Gasteiger partial charge on any atom is -0.455 e. The van der Waals surface area contributed by atoms with Crippen molar-refractivity contribution >= 4 is 41.0 Å². The van der Waals surface area contributed by atoms with Crippen molar-refractivity contribution in [2.24, 2.45) is 11.8 Å². The fraction of sp³-hybridized carbons (Fsp3) is 0.474. The van der Waals surface area contributed by atoms with Gasteiger partial charge < -0.3 is 29.7 Å². The number of likely N-dealkylation sites (tertiary alicyclic amines) is 1. The molecule has 2 bridgehead atoms. The number of aryl methyl sites for hydroxylation is 1. The third kappa shape index (κ3) is 7.04. The van der Waals surface area contributed by atoms with Gasteiger partial charge >= 0.3 is 5.97 Å². The number of nitrogens with one attached hydrogen (secondary N) is 1. The third-order valence-electron chi connectivity index (χ3n) is 9.94. The smallest absolute Gasteiger partial charge is 0.313 e. The molecule has 0 unspecified atom stereocenters. The highest BCUT2D eigenvalue weighted by molar-refractivity contribution is 6.34. The first-order chi connectivity index (χ1) is 23.6. The van der Waals surface area contributed by atoms with E-state index in [1.54, 1.807) is 36.1 Å². The lowest BCUT2D eigenvalue weighted by Crippen LogP contribution is -2.56. The van der Waals surface area contributed by atoms with Gasteiger partial charge in [0.1, 0.15) is 17.7 Å². The van der Waals surface area contributed by atoms with Gasteiger partial charge in [-0.2, -0.15) is 0 Å². The molecule has 2 N–H and O–H groups in total. The van der Waals surface area contributed by atoms with Crippen molar-refractivity contribution < 1.29 is 33.8 Å². The number of aliphatic hydroxyl groups is 1. The standard InChI is InChI=1S/C38H46ClN3O7/c1-5-7-18-29(44)40-25(4)33(26-15-9-8-10-16-26)48-37(47)30-28-19-20-38(49-28)31(30)35(45)42(22-11-12-23-43)34(38)36(46)41(21-6-2)32-24(3)14-13-17-27(32)39/h5-6,8-10,13-17,25,28,30-31,33-34,43H,1-2,7,11-12,18-23H2,3-4H3,(H,40,44)/t25-,28+,30-,31-,33-,34+,38-/m0/s1. The van der Waals surface area contributed by atoms with Gasteiger partial charge in [0, 0.05) is 26.1 Å². The molecule has 3 amide bonds. The number of fused-ring (bicyclic) bond motifs is 1. The summed E-state index contributed by atoms with van der Waals surface area (Å²) in [5.41, 5.74) is 0.736. The summed E-state index contributed by atoms with van der Waals surface area (Å²) < 4.78 is 12.9. The Balaban J connectivity index is 1.49. The molecular weight excluding hydrogens is 646 g/mol. The molecule has 3 heterocycles. The maximum Gasteiger partial charge on any atom is 0.313 e. The second-order valence-electron chi connectivity index (χ2n) is 13.1. The topological polar surface area (TPSA) is 125 Å². The Hall–Kier alpha value is -3.99. The maximum absolute atomic E-state index is 14.8. The fourth-order valence-electron chi connectivity index (χ4n) is 7.81. The highest BCUT2D eigenvalue weighted by Crippen LogP contribution is 2.59. The molecule has 3 fully saturated rings. The van der Waals surface area contributed by atoms with E-state index in [-0.39, 0.29) is 43.8 Å². The number of allylic oxidation sites excluding steroid dienone is 1. The van der Waals surface area contributed by atoms with Crippen LogP contribution in [-0.4, -0.2) is 77.2 Å². The molecule has 1 spiro atoms. The van der Waals surface area contributed by atoms with Crippen molar-refractivity contribution in [3.8, 4) is 0 Å². The zero-order valence-electron chi connectivity index (χ0n) is 28.2. The molecule has 7 atom stereocenters. The van der Waals surface area contributed by atoms with Gasteiger partial charge in [-0.3, -0.25) is 19.2 Å². The number of carbonyl (C=O) groups excluding carboxylic acids is 4. The zero-order valence-corrected chi connectivity index (χ0v) is 28.9. The predicted molar refractivity (Wildman–Crippen MR) is 187 cm³/mol. The zero-order chi connectivity index (χ0) is 35.3. The molecule has 0 radical (unpaired) electrons. The number of aliphatic hydroxyl groups excluding tert-OH is 1. The van der Waals surface area contributed by atoms with Crippen LogP contribution in [0.4, 0.5) is 5.69 Å². The molecule has 262 valence electrons. The number of halogens is 1. The van der Waals surface area contributed by atoms with Gasteiger partial charge in [0.15, 0.2) is 0 Å². The highest BCUT2D eigenvalue weighted by atomic mass is 35.5. The summed E-state index contributed by atoms with van der Waals surface area (Å²) in [7, 11) is 0. The van der Waals surface area contributed by atoms with E-state index < -0.39 is 47.7 Å². The number of esters is 1. The molecule has 3 saturated heterocycles. The third-order valence-corrected chi connectivity index (χ3v) is 10.2. The first kappa shape index (κ1) is 36.3. The van der Waals surface area contributed by atoms with E-state index in [0.29, 0.717) is 48.4 Å². The minimum absolute atomic E-state index is 0.0622. The average molecular weight is 692 g/mol. The van der Waals surface area contributed by atoms with Crippen molar-refractivity contribution in [2.45, 2.75) is 82.3 Å². The predicted octanol–water partition coefficient (Wildman–Crippen LogP) is 5.07. The van der Waals surface area contributed by atoms with E-state index in [4.69, 9.17) is 21.1 Å². The lowest BCUT2D eigenvalue weighted by molar-refractivity contribution is -0.162. The Morgan fingerprint density at radius 3 is 2.59 bits per heavy atom. The maximum atomic E-state index is 14.8. The normalized spacial score (nSPS) is 25.0. The molecule has 0 aliphatic carbocycles. The van der Waals surface area contributed by atoms with Crippen LogP contribution in [0.2, 0.25) is 5.02 Å². The quantitative estimate of drug-likeness (QED) is 0.143. The van der Waals surface area contributed by atoms with Gasteiger partial charge in [0.25, 0.3) is 5.91 Å². The number of unbranched alkanes of at least 4 members (excludes halogenated alkanes) is 1. The first-order valence-corrected chi connectivity index (χ1v) is 17.4. The van der Waals surface area contributed by atoms with E-state index in [1.807, 2.05) is 43.3 Å². The Bertz CT molecular complexity index is 1550. The molecule has 0 saturated carbocycles. The van der Waals surface area contributed by atoms with Gasteiger partial charge in [-0.1, -0.05) is 66.2 Å². The van der Waals surface area contributed by atoms with Gasteiger partial charge in [-0.25, -0.2) is 0 Å². The number of amides is 3. The van der Waals surface area contributed by atoms with E-state index in [2.05, 4.69) is 18.5 Å². The number of para-hydroxylation sites is 1. The fourth-order valence-corrected chi connectivity index (χ4v) is 8.13. The summed E-state index contributed by atoms with van der Waals surface area (Å²) in [5, 5.41) is 12.9. The average Bonchev–Trinajstić information content (AvgIpc) is 3.73. The van der Waals surface area contributed by atoms with Crippen LogP contribution in [-0.2, 0) is 28.7 Å². The van der Waals surface area contributed by atoms with Crippen molar-refractivity contribution in [3.05, 3.63) is 90.0 Å². The number of hydrogen-bond acceptors (Lipinski definition) is 7. The summed E-state index contributed by atoms with van der Waals surface area (Å²) in [6.45, 7) is 11.5. The Morgan fingerprint density at radius 1 is 1.16 bits per heavy atom. The Morgan fingerprint density at radius 2 is 1.92 bits per heavy atom. The Labute approximate surface area is 293 Å². The van der Waals surface area contributed by atoms with E-state index in [0.717, 1.165) is 5.56 Å². The molecule has 49 heavy (non-hydrogen) atoms. The van der Waals surface area contributed by atoms with Crippen LogP contribution in [0.3, 0.4) is 0 Å². The minimum atomic E-state index is -1.26. The van der Waals surface area contributed by atoms with Crippen LogP contribution < -0.4 is 10.2 Å². The van der Waals surface area contributed by atoms with Crippen LogP contribution >= 0.6 is 11.6 Å². The van der Waals surface area contributed by atoms with Crippen LogP contribution in [0.5, 0.6) is 0 Å². The Kier molecular flexibility index (Phi) is 11.6. The molecule has 2 aromatic rings. The van der Waals surface area contributed by atoms with Crippen LogP contribution in [0, 0.1) is 18.8 Å². The SMILES string of the molecule is C=CCCC(=O)N[C@@H](C)[C@H](OC(=O)[C@@H]1[C@H]2C(=O)N(CCCCO)[C@H](C(=O)N(CC=C)c3c(C)cccc3Cl)[C@]23CC[C@H]1O3)c1ccccc1. The van der Waals surface area contributed by atoms with Crippen LogP contribution in [0.1, 0.15) is 62.7 Å². The molecule has 3 aliphatic rings. The van der Waals surface area contributed by atoms with E-state index >= 15 is 0 Å². The number of rotatable bonds is 16. The van der Waals surface area contributed by atoms with Crippen molar-refractivity contribution in [1.29, 1.82) is 0 Å². The van der Waals surface area contributed by atoms with E-state index in [1.165, 1.54) is 4.90 Å². The number of carbonyl (C=O) groups is 4. The van der Waals surface area contributed by atoms with E-state index in [9.17, 15) is 24.3 Å². The highest BCUT2D eigenvalue weighted by Gasteiger charge is 2.75. The number of hydrogen-bond donors (Lipinski definition) is 2. The van der Waals surface area contributed by atoms with Crippen molar-refractivity contribution in [1.82, 2.24) is 10.2 Å². The van der Waals surface area contributed by atoms with Gasteiger partial charge in [-0.05, 0) is 63.1 Å². The van der Waals surface area contributed by atoms with Crippen molar-refractivity contribution in [3.63, 3.8) is 0 Å². The van der Waals surface area contributed by atoms with Crippen LogP contribution in [0.25, 0.3) is 0 Å². The molecule has 10 nitrogen and oxygen atoms in total. The van der Waals surface area contributed by atoms with Gasteiger partial charge in [0.2, 0.25) is 11.8 Å². The number of anilines is 1. The molecule has 2 aromatic carbocycles. The van der Waals surface area contributed by atoms with Crippen molar-refractivity contribution in [2.75, 3.05) is 24.6 Å². The second-order valence-corrected chi connectivity index (χ2v) is 13.5. The number of nitrogens with zero attached hydrogens (tertiary/aromatic N) is 2. The summed E-state index contributed by atoms with van der Waals surface area (Å²) in [6, 6.07) is 12.9. The first-order valence-electron chi connectivity index (χ1n) is 17.0. The largest absolute Gasteiger partial charge is 0.455 e. The van der Waals surface area contributed by atoms with Gasteiger partial charge in [0.05, 0.1) is 34.7 Å². The summed E-state index contributed by atoms with van der Waals surface area (Å²) in [4.78, 5) is 59.3. The second kappa shape index (κ2) is 15.7. The van der Waals surface area contributed by atoms with Gasteiger partial charge in [-0.15, -0.1) is 13.2 Å². The molecule has 5 rings (SSSR count). The monoisotopic (exact) mass is 691 g/mol. The molecule has 11 heteroatoms. The molecule has 3 aliphatic heterocycles. The molecule has 0 aromatic heterocycles. The van der Waals surface area contributed by atoms with Crippen LogP contribution in [0.15, 0.2) is 73.8 Å². The summed E-state index contributed by atoms with van der Waals surface area (Å²) in [6.07, 6.45) is 4.34. The summed E-state index contributed by atoms with van der Waals surface area (Å²) in [5.74, 6) is -3.44. The summed E-state index contributed by atoms with van der Waals surface area (Å²) >= 11 is 6.65. The lowest BCUT2D eigenvalue weighted by atomic mass is 9.70. The lowest BCUT2D eigenvalue weighted by Gasteiger charge is -2.37.